The van der Waals surface area contributed by atoms with Crippen LogP contribution in [0.1, 0.15) is 28.9 Å². The van der Waals surface area contributed by atoms with Crippen LogP contribution in [0.5, 0.6) is 5.75 Å². The van der Waals surface area contributed by atoms with Crippen LogP contribution in [0.25, 0.3) is 22.3 Å². The number of ether oxygens (including phenoxy) is 1. The molecule has 1 aliphatic heterocycles. The highest BCUT2D eigenvalue weighted by Crippen LogP contribution is 2.29. The van der Waals surface area contributed by atoms with Crippen molar-refractivity contribution in [1.82, 2.24) is 19.7 Å². The Bertz CT molecular complexity index is 970. The lowest BCUT2D eigenvalue weighted by Gasteiger charge is -2.17. The molecule has 134 valence electrons. The molecule has 1 fully saturated rings. The third-order valence-corrected chi connectivity index (χ3v) is 4.98. The van der Waals surface area contributed by atoms with E-state index in [0.29, 0.717) is 5.56 Å². The van der Waals surface area contributed by atoms with E-state index in [1.54, 1.807) is 11.8 Å². The van der Waals surface area contributed by atoms with Crippen LogP contribution in [0, 0.1) is 6.92 Å². The Balaban J connectivity index is 1.89. The maximum absolute atomic E-state index is 13.1. The number of aryl methyl sites for hydroxylation is 2. The predicted octanol–water partition coefficient (Wildman–Crippen LogP) is 3.19. The van der Waals surface area contributed by atoms with Gasteiger partial charge in [0.05, 0.1) is 29.4 Å². The monoisotopic (exact) mass is 350 g/mol. The zero-order valence-electron chi connectivity index (χ0n) is 15.3. The number of aromatic nitrogens is 3. The van der Waals surface area contributed by atoms with E-state index in [1.165, 1.54) is 0 Å². The molecule has 0 unspecified atom stereocenters. The van der Waals surface area contributed by atoms with Gasteiger partial charge < -0.3 is 9.64 Å². The summed E-state index contributed by atoms with van der Waals surface area (Å²) in [7, 11) is 3.51. The molecule has 4 rings (SSSR count). The summed E-state index contributed by atoms with van der Waals surface area (Å²) in [5, 5.41) is 5.33. The zero-order chi connectivity index (χ0) is 18.3. The van der Waals surface area contributed by atoms with Gasteiger partial charge in [-0.1, -0.05) is 0 Å². The van der Waals surface area contributed by atoms with E-state index in [4.69, 9.17) is 9.72 Å². The molecular weight excluding hydrogens is 328 g/mol. The van der Waals surface area contributed by atoms with Crippen molar-refractivity contribution < 1.29 is 9.53 Å². The largest absolute Gasteiger partial charge is 0.497 e. The Kier molecular flexibility index (Phi) is 4.11. The Morgan fingerprint density at radius 1 is 1.15 bits per heavy atom. The van der Waals surface area contributed by atoms with Crippen molar-refractivity contribution in [2.45, 2.75) is 19.8 Å². The van der Waals surface area contributed by atoms with Crippen molar-refractivity contribution in [2.24, 2.45) is 7.05 Å². The summed E-state index contributed by atoms with van der Waals surface area (Å²) in [5.74, 6) is 0.861. The maximum atomic E-state index is 13.1. The maximum Gasteiger partial charge on any atom is 0.254 e. The highest BCUT2D eigenvalue weighted by atomic mass is 16.5. The first-order valence-corrected chi connectivity index (χ1v) is 8.86. The summed E-state index contributed by atoms with van der Waals surface area (Å²) in [6, 6.07) is 9.62. The van der Waals surface area contributed by atoms with Crippen LogP contribution in [0.15, 0.2) is 30.3 Å². The van der Waals surface area contributed by atoms with Crippen LogP contribution in [0.2, 0.25) is 0 Å². The summed E-state index contributed by atoms with van der Waals surface area (Å²) in [5.41, 5.74) is 3.97. The standard InChI is InChI=1S/C20H22N4O2/c1-13-18-16(20(25)24-10-4-5-11-24)12-17(21-19(18)23(2)22-13)14-6-8-15(26-3)9-7-14/h6-9,12H,4-5,10-11H2,1-3H3. The molecule has 26 heavy (non-hydrogen) atoms. The van der Waals surface area contributed by atoms with Crippen molar-refractivity contribution in [3.05, 3.63) is 41.6 Å². The molecule has 0 atom stereocenters. The first-order valence-electron chi connectivity index (χ1n) is 8.86. The second kappa shape index (κ2) is 6.44. The van der Waals surface area contributed by atoms with Gasteiger partial charge in [-0.3, -0.25) is 9.48 Å². The lowest BCUT2D eigenvalue weighted by molar-refractivity contribution is 0.0794. The van der Waals surface area contributed by atoms with E-state index in [0.717, 1.165) is 59.7 Å². The third kappa shape index (κ3) is 2.71. The Labute approximate surface area is 152 Å². The molecule has 1 aromatic carbocycles. The molecule has 3 heterocycles. The van der Waals surface area contributed by atoms with Crippen LogP contribution >= 0.6 is 0 Å². The molecule has 0 aliphatic carbocycles. The molecule has 3 aromatic rings. The Morgan fingerprint density at radius 3 is 2.50 bits per heavy atom. The van der Waals surface area contributed by atoms with Gasteiger partial charge in [0, 0.05) is 25.7 Å². The molecule has 1 aliphatic rings. The van der Waals surface area contributed by atoms with Gasteiger partial charge in [-0.2, -0.15) is 5.10 Å². The van der Waals surface area contributed by atoms with Gasteiger partial charge in [-0.05, 0) is 50.1 Å². The molecule has 1 amide bonds. The predicted molar refractivity (Wildman–Crippen MR) is 100 cm³/mol. The van der Waals surface area contributed by atoms with Crippen LogP contribution in [-0.4, -0.2) is 45.8 Å². The fourth-order valence-electron chi connectivity index (χ4n) is 3.61. The normalized spacial score (nSPS) is 14.2. The number of pyridine rings is 1. The number of hydrogen-bond donors (Lipinski definition) is 0. The van der Waals surface area contributed by atoms with Crippen LogP contribution in [0.3, 0.4) is 0 Å². The molecule has 2 aromatic heterocycles. The van der Waals surface area contributed by atoms with Crippen molar-refractivity contribution in [3.63, 3.8) is 0 Å². The fraction of sp³-hybridized carbons (Fsp3) is 0.350. The number of fused-ring (bicyclic) bond motifs is 1. The van der Waals surface area contributed by atoms with Gasteiger partial charge in [0.15, 0.2) is 5.65 Å². The highest BCUT2D eigenvalue weighted by molar-refractivity contribution is 6.07. The number of rotatable bonds is 3. The first kappa shape index (κ1) is 16.6. The number of carbonyl (C=O) groups is 1. The average Bonchev–Trinajstić information content (AvgIpc) is 3.29. The number of benzene rings is 1. The van der Waals surface area contributed by atoms with Crippen molar-refractivity contribution in [2.75, 3.05) is 20.2 Å². The number of carbonyl (C=O) groups excluding carboxylic acids is 1. The van der Waals surface area contributed by atoms with Crippen LogP contribution < -0.4 is 4.74 Å². The quantitative estimate of drug-likeness (QED) is 0.728. The Hall–Kier alpha value is -2.89. The van der Waals surface area contributed by atoms with Crippen molar-refractivity contribution in [3.8, 4) is 17.0 Å². The summed E-state index contributed by atoms with van der Waals surface area (Å²) < 4.78 is 6.98. The van der Waals surface area contributed by atoms with E-state index in [1.807, 2.05) is 49.2 Å². The van der Waals surface area contributed by atoms with Crippen LogP contribution in [0.4, 0.5) is 0 Å². The van der Waals surface area contributed by atoms with E-state index in [2.05, 4.69) is 5.10 Å². The van der Waals surface area contributed by atoms with E-state index in [-0.39, 0.29) is 5.91 Å². The van der Waals surface area contributed by atoms with Gasteiger partial charge in [-0.15, -0.1) is 0 Å². The van der Waals surface area contributed by atoms with Crippen molar-refractivity contribution >= 4 is 16.9 Å². The lowest BCUT2D eigenvalue weighted by Crippen LogP contribution is -2.28. The molecule has 1 saturated heterocycles. The van der Waals surface area contributed by atoms with Gasteiger partial charge in [-0.25, -0.2) is 4.98 Å². The zero-order valence-corrected chi connectivity index (χ0v) is 15.3. The third-order valence-electron chi connectivity index (χ3n) is 4.98. The average molecular weight is 350 g/mol. The molecule has 6 heteroatoms. The second-order valence-electron chi connectivity index (χ2n) is 6.69. The van der Waals surface area contributed by atoms with Gasteiger partial charge in [0.2, 0.25) is 0 Å². The molecule has 0 radical (unpaired) electrons. The lowest BCUT2D eigenvalue weighted by atomic mass is 10.0. The van der Waals surface area contributed by atoms with Gasteiger partial charge >= 0.3 is 0 Å². The molecule has 0 spiro atoms. The topological polar surface area (TPSA) is 60.2 Å². The number of nitrogens with zero attached hydrogens (tertiary/aromatic N) is 4. The van der Waals surface area contributed by atoms with E-state index in [9.17, 15) is 4.79 Å². The minimum absolute atomic E-state index is 0.0701. The summed E-state index contributed by atoms with van der Waals surface area (Å²) in [4.78, 5) is 19.9. The molecule has 0 N–H and O–H groups in total. The minimum atomic E-state index is 0.0701. The molecular formula is C20H22N4O2. The summed E-state index contributed by atoms with van der Waals surface area (Å²) in [6.45, 7) is 3.57. The SMILES string of the molecule is COc1ccc(-c2cc(C(=O)N3CCCC3)c3c(C)nn(C)c3n2)cc1. The van der Waals surface area contributed by atoms with E-state index >= 15 is 0 Å². The number of hydrogen-bond acceptors (Lipinski definition) is 4. The molecule has 6 nitrogen and oxygen atoms in total. The van der Waals surface area contributed by atoms with Crippen molar-refractivity contribution in [1.29, 1.82) is 0 Å². The smallest absolute Gasteiger partial charge is 0.254 e. The highest BCUT2D eigenvalue weighted by Gasteiger charge is 2.25. The fourth-order valence-corrected chi connectivity index (χ4v) is 3.61. The minimum Gasteiger partial charge on any atom is -0.497 e. The van der Waals surface area contributed by atoms with Gasteiger partial charge in [0.1, 0.15) is 5.75 Å². The number of amides is 1. The molecule has 0 saturated carbocycles. The number of methoxy groups -OCH3 is 1. The second-order valence-corrected chi connectivity index (χ2v) is 6.69. The van der Waals surface area contributed by atoms with Gasteiger partial charge in [0.25, 0.3) is 5.91 Å². The molecule has 0 bridgehead atoms. The summed E-state index contributed by atoms with van der Waals surface area (Å²) in [6.07, 6.45) is 2.13. The van der Waals surface area contributed by atoms with E-state index < -0.39 is 0 Å². The summed E-state index contributed by atoms with van der Waals surface area (Å²) >= 11 is 0. The van der Waals surface area contributed by atoms with Crippen LogP contribution in [-0.2, 0) is 7.05 Å². The first-order chi connectivity index (χ1) is 12.6. The number of likely N-dealkylation sites (tertiary alicyclic amines) is 1. The Morgan fingerprint density at radius 2 is 1.85 bits per heavy atom.